The van der Waals surface area contributed by atoms with Gasteiger partial charge in [-0.3, -0.25) is 4.79 Å². The summed E-state index contributed by atoms with van der Waals surface area (Å²) in [6.45, 7) is 5.09. The largest absolute Gasteiger partial charge is 0.478 e. The highest BCUT2D eigenvalue weighted by molar-refractivity contribution is 6.03. The van der Waals surface area contributed by atoms with Crippen LogP contribution in [0, 0.1) is 0 Å². The van der Waals surface area contributed by atoms with E-state index in [0.29, 0.717) is 11.3 Å². The van der Waals surface area contributed by atoms with E-state index < -0.39 is 5.97 Å². The molecule has 1 amide bonds. The average Bonchev–Trinajstić information content (AvgIpc) is 2.18. The first kappa shape index (κ1) is 11.0. The highest BCUT2D eigenvalue weighted by Crippen LogP contribution is 2.10. The monoisotopic (exact) mass is 205 g/mol. The fourth-order valence-electron chi connectivity index (χ4n) is 0.934. The summed E-state index contributed by atoms with van der Waals surface area (Å²) in [5.41, 5.74) is 1.13. The summed E-state index contributed by atoms with van der Waals surface area (Å²) >= 11 is 0. The number of carbonyl (C=O) groups is 2. The Balaban J connectivity index is 2.77. The lowest BCUT2D eigenvalue weighted by Gasteiger charge is -2.04. The minimum atomic E-state index is -0.993. The number of hydrogen-bond donors (Lipinski definition) is 2. The van der Waals surface area contributed by atoms with Crippen LogP contribution in [0.5, 0.6) is 0 Å². The van der Waals surface area contributed by atoms with E-state index in [4.69, 9.17) is 5.11 Å². The van der Waals surface area contributed by atoms with E-state index >= 15 is 0 Å². The molecule has 0 heterocycles. The lowest BCUT2D eigenvalue weighted by Crippen LogP contribution is -2.11. The molecule has 78 valence electrons. The number of carbonyl (C=O) groups excluding carboxylic acids is 1. The van der Waals surface area contributed by atoms with Crippen molar-refractivity contribution in [2.45, 2.75) is 6.92 Å². The van der Waals surface area contributed by atoms with Crippen LogP contribution in [-0.4, -0.2) is 17.0 Å². The molecule has 0 bridgehead atoms. The smallest absolute Gasteiger partial charge is 0.335 e. The van der Waals surface area contributed by atoms with Crippen molar-refractivity contribution in [1.29, 1.82) is 0 Å². The zero-order valence-electron chi connectivity index (χ0n) is 8.28. The summed E-state index contributed by atoms with van der Waals surface area (Å²) in [6.07, 6.45) is 0. The van der Waals surface area contributed by atoms with Gasteiger partial charge in [0.05, 0.1) is 5.56 Å². The standard InChI is InChI=1S/C11H11NO3/c1-7(2)10(13)12-9-5-3-8(4-6-9)11(14)15/h3-6H,1H2,2H3,(H,12,13)(H,14,15). The average molecular weight is 205 g/mol. The van der Waals surface area contributed by atoms with E-state index in [-0.39, 0.29) is 11.5 Å². The number of nitrogens with one attached hydrogen (secondary N) is 1. The number of hydrogen-bond acceptors (Lipinski definition) is 2. The van der Waals surface area contributed by atoms with Crippen LogP contribution >= 0.6 is 0 Å². The van der Waals surface area contributed by atoms with Crippen molar-refractivity contribution >= 4 is 17.6 Å². The molecule has 0 saturated heterocycles. The maximum Gasteiger partial charge on any atom is 0.335 e. The van der Waals surface area contributed by atoms with E-state index in [1.54, 1.807) is 6.92 Å². The normalized spacial score (nSPS) is 9.40. The molecule has 2 N–H and O–H groups in total. The Labute approximate surface area is 87.2 Å². The molecule has 0 aliphatic rings. The third-order valence-electron chi connectivity index (χ3n) is 1.78. The summed E-state index contributed by atoms with van der Waals surface area (Å²) in [6, 6.07) is 5.92. The summed E-state index contributed by atoms with van der Waals surface area (Å²) < 4.78 is 0. The van der Waals surface area contributed by atoms with Crippen LogP contribution in [0.25, 0.3) is 0 Å². The lowest BCUT2D eigenvalue weighted by atomic mass is 10.2. The van der Waals surface area contributed by atoms with Gasteiger partial charge in [0.25, 0.3) is 5.91 Å². The second kappa shape index (κ2) is 4.41. The van der Waals surface area contributed by atoms with Gasteiger partial charge in [0, 0.05) is 11.3 Å². The van der Waals surface area contributed by atoms with Crippen LogP contribution in [0.15, 0.2) is 36.4 Å². The fourth-order valence-corrected chi connectivity index (χ4v) is 0.934. The van der Waals surface area contributed by atoms with E-state index in [1.807, 2.05) is 0 Å². The molecular weight excluding hydrogens is 194 g/mol. The number of benzene rings is 1. The Morgan fingerprint density at radius 2 is 1.80 bits per heavy atom. The van der Waals surface area contributed by atoms with Gasteiger partial charge in [-0.2, -0.15) is 0 Å². The zero-order chi connectivity index (χ0) is 11.4. The molecule has 0 atom stereocenters. The molecule has 0 aromatic heterocycles. The van der Waals surface area contributed by atoms with Gasteiger partial charge in [-0.15, -0.1) is 0 Å². The molecule has 0 aliphatic heterocycles. The number of rotatable bonds is 3. The molecule has 0 aliphatic carbocycles. The highest BCUT2D eigenvalue weighted by Gasteiger charge is 2.04. The number of amides is 1. The maximum atomic E-state index is 11.2. The predicted octanol–water partition coefficient (Wildman–Crippen LogP) is 1.90. The molecule has 0 fully saturated rings. The third kappa shape index (κ3) is 2.95. The van der Waals surface area contributed by atoms with E-state index in [1.165, 1.54) is 24.3 Å². The minimum absolute atomic E-state index is 0.184. The topological polar surface area (TPSA) is 66.4 Å². The molecule has 1 rings (SSSR count). The molecule has 0 radical (unpaired) electrons. The molecule has 15 heavy (non-hydrogen) atoms. The van der Waals surface area contributed by atoms with Gasteiger partial charge in [0.1, 0.15) is 0 Å². The summed E-state index contributed by atoms with van der Waals surface area (Å²) in [5.74, 6) is -1.27. The number of carboxylic acid groups (broad SMARTS) is 1. The molecule has 0 saturated carbocycles. The van der Waals surface area contributed by atoms with Crippen LogP contribution in [0.2, 0.25) is 0 Å². The van der Waals surface area contributed by atoms with Gasteiger partial charge in [0.2, 0.25) is 0 Å². The first-order chi connectivity index (χ1) is 7.00. The molecule has 1 aromatic rings. The molecule has 0 unspecified atom stereocenters. The van der Waals surface area contributed by atoms with Gasteiger partial charge < -0.3 is 10.4 Å². The van der Waals surface area contributed by atoms with Crippen LogP contribution in [0.1, 0.15) is 17.3 Å². The van der Waals surface area contributed by atoms with E-state index in [9.17, 15) is 9.59 Å². The van der Waals surface area contributed by atoms with Crippen LogP contribution < -0.4 is 5.32 Å². The van der Waals surface area contributed by atoms with Gasteiger partial charge in [-0.05, 0) is 31.2 Å². The van der Waals surface area contributed by atoms with Crippen LogP contribution in [-0.2, 0) is 4.79 Å². The molecule has 0 spiro atoms. The number of aromatic carboxylic acids is 1. The van der Waals surface area contributed by atoms with E-state index in [0.717, 1.165) is 0 Å². The SMILES string of the molecule is C=C(C)C(=O)Nc1ccc(C(=O)O)cc1. The van der Waals surface area contributed by atoms with Gasteiger partial charge in [-0.1, -0.05) is 6.58 Å². The number of carboxylic acids is 1. The van der Waals surface area contributed by atoms with Crippen molar-refractivity contribution in [3.8, 4) is 0 Å². The molecule has 4 nitrogen and oxygen atoms in total. The van der Waals surface area contributed by atoms with Crippen molar-refractivity contribution in [1.82, 2.24) is 0 Å². The van der Waals surface area contributed by atoms with Crippen molar-refractivity contribution in [2.75, 3.05) is 5.32 Å². The van der Waals surface area contributed by atoms with Gasteiger partial charge in [-0.25, -0.2) is 4.79 Å². The number of anilines is 1. The Morgan fingerprint density at radius 3 is 2.20 bits per heavy atom. The van der Waals surface area contributed by atoms with E-state index in [2.05, 4.69) is 11.9 Å². The zero-order valence-corrected chi connectivity index (χ0v) is 8.28. The Morgan fingerprint density at radius 1 is 1.27 bits per heavy atom. The predicted molar refractivity (Wildman–Crippen MR) is 56.8 cm³/mol. The lowest BCUT2D eigenvalue weighted by molar-refractivity contribution is -0.112. The molecule has 1 aromatic carbocycles. The second-order valence-electron chi connectivity index (χ2n) is 3.12. The van der Waals surface area contributed by atoms with Crippen molar-refractivity contribution in [2.24, 2.45) is 0 Å². The van der Waals surface area contributed by atoms with Crippen LogP contribution in [0.3, 0.4) is 0 Å². The van der Waals surface area contributed by atoms with Crippen LogP contribution in [0.4, 0.5) is 5.69 Å². The van der Waals surface area contributed by atoms with Gasteiger partial charge >= 0.3 is 5.97 Å². The first-order valence-electron chi connectivity index (χ1n) is 4.31. The van der Waals surface area contributed by atoms with Crippen molar-refractivity contribution < 1.29 is 14.7 Å². The summed E-state index contributed by atoms with van der Waals surface area (Å²) in [5, 5.41) is 11.2. The molecule has 4 heteroatoms. The first-order valence-corrected chi connectivity index (χ1v) is 4.31. The molecular formula is C11H11NO3. The maximum absolute atomic E-state index is 11.2. The quantitative estimate of drug-likeness (QED) is 0.740. The van der Waals surface area contributed by atoms with Crippen molar-refractivity contribution in [3.05, 3.63) is 42.0 Å². The minimum Gasteiger partial charge on any atom is -0.478 e. The summed E-state index contributed by atoms with van der Waals surface area (Å²) in [7, 11) is 0. The second-order valence-corrected chi connectivity index (χ2v) is 3.12. The summed E-state index contributed by atoms with van der Waals surface area (Å²) in [4.78, 5) is 21.7. The van der Waals surface area contributed by atoms with Crippen molar-refractivity contribution in [3.63, 3.8) is 0 Å². The highest BCUT2D eigenvalue weighted by atomic mass is 16.4. The Bertz CT molecular complexity index is 406. The fraction of sp³-hybridized carbons (Fsp3) is 0.0909. The Hall–Kier alpha value is -2.10. The van der Waals surface area contributed by atoms with Gasteiger partial charge in [0.15, 0.2) is 0 Å². The third-order valence-corrected chi connectivity index (χ3v) is 1.78. The Kier molecular flexibility index (Phi) is 3.23.